The molecule has 6 nitrogen and oxygen atoms in total. The Morgan fingerprint density at radius 1 is 1.03 bits per heavy atom. The Balaban J connectivity index is 1.36. The number of nitrogens with zero attached hydrogens (tertiary/aromatic N) is 3. The van der Waals surface area contributed by atoms with Gasteiger partial charge >= 0.3 is 0 Å². The first-order valence-corrected chi connectivity index (χ1v) is 13.1. The normalized spacial score (nSPS) is 15.4. The fourth-order valence-corrected chi connectivity index (χ4v) is 4.96. The first-order chi connectivity index (χ1) is 17.4. The Morgan fingerprint density at radius 2 is 1.78 bits per heavy atom. The molecule has 1 aliphatic rings. The van der Waals surface area contributed by atoms with E-state index >= 15 is 0 Å². The number of para-hydroxylation sites is 1. The topological polar surface area (TPSA) is 49.7 Å². The number of fused-ring (bicyclic) bond motifs is 1. The summed E-state index contributed by atoms with van der Waals surface area (Å²) in [5, 5.41) is 3.99. The number of aromatic nitrogens is 1. The molecule has 1 aromatic heterocycles. The average molecular weight is 495 g/mol. The standard InChI is InChI=1S/C29H39FN4O2/c1-22(2)19-31-29(35)26-21-34(28-25(26)7-4-8-27(28)36-3)16-6-14-32-13-5-15-33(18-17-32)20-23-9-11-24(30)12-10-23/h4,7-12,21-22H,5-6,13-20H2,1-3H3,(H,31,35). The molecule has 2 aromatic carbocycles. The summed E-state index contributed by atoms with van der Waals surface area (Å²) >= 11 is 0. The molecule has 3 aromatic rings. The number of nitrogens with one attached hydrogen (secondary N) is 1. The van der Waals surface area contributed by atoms with Crippen molar-refractivity contribution < 1.29 is 13.9 Å². The SMILES string of the molecule is COc1cccc2c(C(=O)NCC(C)C)cn(CCCN3CCCN(Cc4ccc(F)cc4)CC3)c12. The molecule has 36 heavy (non-hydrogen) atoms. The van der Waals surface area contributed by atoms with Gasteiger partial charge in [0, 0.05) is 44.3 Å². The predicted octanol–water partition coefficient (Wildman–Crippen LogP) is 4.77. The highest BCUT2D eigenvalue weighted by Crippen LogP contribution is 2.30. The molecule has 1 saturated heterocycles. The first kappa shape index (κ1) is 26.2. The van der Waals surface area contributed by atoms with Crippen LogP contribution < -0.4 is 10.1 Å². The van der Waals surface area contributed by atoms with Gasteiger partial charge in [-0.2, -0.15) is 0 Å². The molecule has 0 spiro atoms. The number of halogens is 1. The molecule has 0 saturated carbocycles. The summed E-state index contributed by atoms with van der Waals surface area (Å²) in [5.41, 5.74) is 2.85. The number of benzene rings is 2. The zero-order valence-corrected chi connectivity index (χ0v) is 21.8. The van der Waals surface area contributed by atoms with E-state index in [1.165, 1.54) is 0 Å². The van der Waals surface area contributed by atoms with Crippen molar-refractivity contribution in [2.24, 2.45) is 5.92 Å². The van der Waals surface area contributed by atoms with E-state index in [0.717, 1.165) is 80.9 Å². The quantitative estimate of drug-likeness (QED) is 0.441. The third kappa shape index (κ3) is 6.65. The second-order valence-corrected chi connectivity index (χ2v) is 10.1. The second kappa shape index (κ2) is 12.4. The minimum Gasteiger partial charge on any atom is -0.495 e. The average Bonchev–Trinajstić information content (AvgIpc) is 3.10. The van der Waals surface area contributed by atoms with Crippen molar-refractivity contribution in [3.05, 3.63) is 65.6 Å². The van der Waals surface area contributed by atoms with Crippen LogP contribution in [0.25, 0.3) is 10.9 Å². The molecule has 0 atom stereocenters. The number of aryl methyl sites for hydroxylation is 1. The molecule has 1 amide bonds. The number of hydrogen-bond acceptors (Lipinski definition) is 4. The van der Waals surface area contributed by atoms with Crippen molar-refractivity contribution in [3.8, 4) is 5.75 Å². The highest BCUT2D eigenvalue weighted by atomic mass is 19.1. The first-order valence-electron chi connectivity index (χ1n) is 13.1. The van der Waals surface area contributed by atoms with Crippen LogP contribution >= 0.6 is 0 Å². The summed E-state index contributed by atoms with van der Waals surface area (Å²) in [7, 11) is 1.68. The minimum atomic E-state index is -0.183. The zero-order chi connectivity index (χ0) is 25.5. The summed E-state index contributed by atoms with van der Waals surface area (Å²) < 4.78 is 21.0. The van der Waals surface area contributed by atoms with Gasteiger partial charge in [0.05, 0.1) is 18.2 Å². The summed E-state index contributed by atoms with van der Waals surface area (Å²) in [4.78, 5) is 17.9. The van der Waals surface area contributed by atoms with Gasteiger partial charge in [-0.05, 0) is 62.2 Å². The van der Waals surface area contributed by atoms with E-state index in [2.05, 4.69) is 33.5 Å². The van der Waals surface area contributed by atoms with E-state index in [0.29, 0.717) is 18.0 Å². The maximum atomic E-state index is 13.2. The van der Waals surface area contributed by atoms with E-state index in [4.69, 9.17) is 4.74 Å². The highest BCUT2D eigenvalue weighted by Gasteiger charge is 2.19. The van der Waals surface area contributed by atoms with Gasteiger partial charge in [-0.25, -0.2) is 4.39 Å². The molecular weight excluding hydrogens is 455 g/mol. The lowest BCUT2D eigenvalue weighted by molar-refractivity contribution is 0.0950. The highest BCUT2D eigenvalue weighted by molar-refractivity contribution is 6.08. The molecule has 194 valence electrons. The lowest BCUT2D eigenvalue weighted by atomic mass is 10.1. The van der Waals surface area contributed by atoms with Crippen molar-refractivity contribution in [2.75, 3.05) is 46.4 Å². The van der Waals surface area contributed by atoms with Crippen LogP contribution in [0.4, 0.5) is 4.39 Å². The van der Waals surface area contributed by atoms with E-state index < -0.39 is 0 Å². The van der Waals surface area contributed by atoms with Crippen LogP contribution in [0.15, 0.2) is 48.7 Å². The molecule has 0 unspecified atom stereocenters. The lowest BCUT2D eigenvalue weighted by Crippen LogP contribution is -2.31. The maximum absolute atomic E-state index is 13.2. The van der Waals surface area contributed by atoms with Gasteiger partial charge in [0.1, 0.15) is 11.6 Å². The molecule has 1 N–H and O–H groups in total. The van der Waals surface area contributed by atoms with Gasteiger partial charge in [0.15, 0.2) is 0 Å². The molecule has 7 heteroatoms. The van der Waals surface area contributed by atoms with Gasteiger partial charge in [-0.3, -0.25) is 9.69 Å². The van der Waals surface area contributed by atoms with Gasteiger partial charge < -0.3 is 19.5 Å². The molecule has 0 aliphatic carbocycles. The summed E-state index contributed by atoms with van der Waals surface area (Å²) in [6.07, 6.45) is 4.10. The number of ether oxygens (including phenoxy) is 1. The monoisotopic (exact) mass is 494 g/mol. The van der Waals surface area contributed by atoms with Gasteiger partial charge in [0.25, 0.3) is 5.91 Å². The second-order valence-electron chi connectivity index (χ2n) is 10.1. The molecule has 2 heterocycles. The van der Waals surface area contributed by atoms with Crippen LogP contribution in [0.5, 0.6) is 5.75 Å². The number of carbonyl (C=O) groups is 1. The van der Waals surface area contributed by atoms with Crippen molar-refractivity contribution >= 4 is 16.8 Å². The summed E-state index contributed by atoms with van der Waals surface area (Å²) in [6.45, 7) is 11.7. The number of hydrogen-bond donors (Lipinski definition) is 1. The maximum Gasteiger partial charge on any atom is 0.253 e. The largest absolute Gasteiger partial charge is 0.495 e. The third-order valence-electron chi connectivity index (χ3n) is 6.87. The van der Waals surface area contributed by atoms with Crippen LogP contribution in [-0.2, 0) is 13.1 Å². The number of rotatable bonds is 10. The Kier molecular flexibility index (Phi) is 8.99. The Hall–Kier alpha value is -2.90. The Labute approximate surface area is 214 Å². The van der Waals surface area contributed by atoms with E-state index in [1.54, 1.807) is 19.2 Å². The van der Waals surface area contributed by atoms with E-state index in [-0.39, 0.29) is 11.7 Å². The van der Waals surface area contributed by atoms with Crippen LogP contribution in [-0.4, -0.2) is 66.7 Å². The fourth-order valence-electron chi connectivity index (χ4n) is 4.96. The van der Waals surface area contributed by atoms with Crippen molar-refractivity contribution in [1.82, 2.24) is 19.7 Å². The van der Waals surface area contributed by atoms with E-state index in [9.17, 15) is 9.18 Å². The van der Waals surface area contributed by atoms with Crippen LogP contribution in [0, 0.1) is 11.7 Å². The molecule has 1 fully saturated rings. The molecular formula is C29H39FN4O2. The number of amides is 1. The zero-order valence-electron chi connectivity index (χ0n) is 21.8. The van der Waals surface area contributed by atoms with Crippen LogP contribution in [0.3, 0.4) is 0 Å². The third-order valence-corrected chi connectivity index (χ3v) is 6.87. The predicted molar refractivity (Wildman–Crippen MR) is 143 cm³/mol. The van der Waals surface area contributed by atoms with Gasteiger partial charge in [-0.15, -0.1) is 0 Å². The Morgan fingerprint density at radius 3 is 2.53 bits per heavy atom. The fraction of sp³-hybridized carbons (Fsp3) is 0.483. The van der Waals surface area contributed by atoms with Crippen molar-refractivity contribution in [1.29, 1.82) is 0 Å². The Bertz CT molecular complexity index is 1140. The summed E-state index contributed by atoms with van der Waals surface area (Å²) in [5.74, 6) is 0.977. The minimum absolute atomic E-state index is 0.0329. The van der Waals surface area contributed by atoms with Gasteiger partial charge in [0.2, 0.25) is 0 Å². The van der Waals surface area contributed by atoms with Crippen LogP contribution in [0.1, 0.15) is 42.6 Å². The molecule has 0 radical (unpaired) electrons. The molecule has 0 bridgehead atoms. The smallest absolute Gasteiger partial charge is 0.253 e. The van der Waals surface area contributed by atoms with Crippen molar-refractivity contribution in [3.63, 3.8) is 0 Å². The van der Waals surface area contributed by atoms with Crippen LogP contribution in [0.2, 0.25) is 0 Å². The van der Waals surface area contributed by atoms with Crippen molar-refractivity contribution in [2.45, 2.75) is 39.8 Å². The van der Waals surface area contributed by atoms with Gasteiger partial charge in [-0.1, -0.05) is 38.1 Å². The lowest BCUT2D eigenvalue weighted by Gasteiger charge is -2.22. The van der Waals surface area contributed by atoms with E-state index in [1.807, 2.05) is 36.5 Å². The summed E-state index contributed by atoms with van der Waals surface area (Å²) in [6, 6.07) is 12.7. The molecule has 4 rings (SSSR count). The number of methoxy groups -OCH3 is 1. The molecule has 1 aliphatic heterocycles. The number of carbonyl (C=O) groups excluding carboxylic acids is 1.